The third kappa shape index (κ3) is 3.42. The first-order valence-corrected chi connectivity index (χ1v) is 7.91. The molecule has 0 unspecified atom stereocenters. The molecule has 1 saturated heterocycles. The van der Waals surface area contributed by atoms with Gasteiger partial charge < -0.3 is 10.2 Å². The van der Waals surface area contributed by atoms with E-state index in [0.29, 0.717) is 11.1 Å². The Kier molecular flexibility index (Phi) is 4.42. The Balaban J connectivity index is 1.77. The summed E-state index contributed by atoms with van der Waals surface area (Å²) in [5, 5.41) is 2.90. The van der Waals surface area contributed by atoms with Gasteiger partial charge in [-0.3, -0.25) is 9.59 Å². The number of hydrogen-bond acceptors (Lipinski definition) is 2. The van der Waals surface area contributed by atoms with Gasteiger partial charge in [-0.05, 0) is 49.6 Å². The van der Waals surface area contributed by atoms with Crippen molar-refractivity contribution in [2.45, 2.75) is 19.8 Å². The molecule has 0 aliphatic carbocycles. The summed E-state index contributed by atoms with van der Waals surface area (Å²) < 4.78 is 0. The highest BCUT2D eigenvalue weighted by atomic mass is 16.2. The van der Waals surface area contributed by atoms with Gasteiger partial charge in [-0.2, -0.15) is 0 Å². The molecule has 0 saturated carbocycles. The zero-order valence-corrected chi connectivity index (χ0v) is 13.2. The van der Waals surface area contributed by atoms with Crippen LogP contribution in [0.1, 0.15) is 39.1 Å². The molecular weight excluding hydrogens is 288 g/mol. The Labute approximate surface area is 136 Å². The van der Waals surface area contributed by atoms with Gasteiger partial charge >= 0.3 is 0 Å². The van der Waals surface area contributed by atoms with E-state index in [0.717, 1.165) is 37.2 Å². The van der Waals surface area contributed by atoms with E-state index in [9.17, 15) is 9.59 Å². The van der Waals surface area contributed by atoms with Crippen molar-refractivity contribution < 1.29 is 9.59 Å². The van der Waals surface area contributed by atoms with Gasteiger partial charge in [0.15, 0.2) is 0 Å². The summed E-state index contributed by atoms with van der Waals surface area (Å²) in [5.41, 5.74) is 2.86. The van der Waals surface area contributed by atoms with Crippen molar-refractivity contribution in [3.8, 4) is 0 Å². The molecule has 0 spiro atoms. The molecular formula is C19H20N2O2. The first kappa shape index (κ1) is 15.3. The van der Waals surface area contributed by atoms with Gasteiger partial charge in [-0.1, -0.05) is 24.3 Å². The number of nitrogens with one attached hydrogen (secondary N) is 1. The molecule has 2 aromatic rings. The van der Waals surface area contributed by atoms with Crippen LogP contribution in [0, 0.1) is 6.92 Å². The molecule has 1 heterocycles. The minimum Gasteiger partial charge on any atom is -0.339 e. The number of benzene rings is 2. The van der Waals surface area contributed by atoms with Crippen molar-refractivity contribution in [3.05, 3.63) is 65.2 Å². The molecule has 0 bridgehead atoms. The molecule has 4 heteroatoms. The van der Waals surface area contributed by atoms with E-state index in [1.54, 1.807) is 24.3 Å². The second-order valence-corrected chi connectivity index (χ2v) is 5.85. The van der Waals surface area contributed by atoms with E-state index < -0.39 is 0 Å². The lowest BCUT2D eigenvalue weighted by Crippen LogP contribution is -2.27. The highest BCUT2D eigenvalue weighted by Gasteiger charge is 2.20. The predicted octanol–water partition coefficient (Wildman–Crippen LogP) is 3.48. The molecule has 23 heavy (non-hydrogen) atoms. The van der Waals surface area contributed by atoms with E-state index in [1.807, 2.05) is 36.1 Å². The van der Waals surface area contributed by atoms with Gasteiger partial charge in [0, 0.05) is 29.9 Å². The van der Waals surface area contributed by atoms with Crippen LogP contribution in [0.3, 0.4) is 0 Å². The van der Waals surface area contributed by atoms with Gasteiger partial charge in [-0.25, -0.2) is 0 Å². The number of nitrogens with zero attached hydrogens (tertiary/aromatic N) is 1. The van der Waals surface area contributed by atoms with Crippen molar-refractivity contribution in [2.24, 2.45) is 0 Å². The number of amides is 2. The molecule has 1 aliphatic rings. The maximum absolute atomic E-state index is 12.4. The Morgan fingerprint density at radius 3 is 2.39 bits per heavy atom. The third-order valence-corrected chi connectivity index (χ3v) is 4.16. The van der Waals surface area contributed by atoms with Gasteiger partial charge in [0.1, 0.15) is 0 Å². The summed E-state index contributed by atoms with van der Waals surface area (Å²) in [6.07, 6.45) is 2.11. The number of anilines is 1. The highest BCUT2D eigenvalue weighted by molar-refractivity contribution is 6.06. The fourth-order valence-corrected chi connectivity index (χ4v) is 2.80. The Morgan fingerprint density at radius 2 is 1.65 bits per heavy atom. The molecule has 2 amide bonds. The molecule has 4 nitrogen and oxygen atoms in total. The van der Waals surface area contributed by atoms with Crippen LogP contribution in [0.5, 0.6) is 0 Å². The number of para-hydroxylation sites is 1. The van der Waals surface area contributed by atoms with Gasteiger partial charge in [0.05, 0.1) is 0 Å². The van der Waals surface area contributed by atoms with Gasteiger partial charge in [0.25, 0.3) is 11.8 Å². The van der Waals surface area contributed by atoms with E-state index in [1.165, 1.54) is 0 Å². The normalized spacial score (nSPS) is 13.9. The zero-order chi connectivity index (χ0) is 16.2. The number of carbonyl (C=O) groups is 2. The topological polar surface area (TPSA) is 49.4 Å². The molecule has 2 aromatic carbocycles. The highest BCUT2D eigenvalue weighted by Crippen LogP contribution is 2.17. The van der Waals surface area contributed by atoms with Crippen molar-refractivity contribution in [1.29, 1.82) is 0 Å². The number of aryl methyl sites for hydroxylation is 1. The maximum Gasteiger partial charge on any atom is 0.255 e. The van der Waals surface area contributed by atoms with Crippen LogP contribution in [0.2, 0.25) is 0 Å². The van der Waals surface area contributed by atoms with E-state index in [4.69, 9.17) is 0 Å². The monoisotopic (exact) mass is 308 g/mol. The molecule has 0 aromatic heterocycles. The first-order valence-electron chi connectivity index (χ1n) is 7.91. The summed E-state index contributed by atoms with van der Waals surface area (Å²) in [6.45, 7) is 3.56. The van der Waals surface area contributed by atoms with Crippen LogP contribution in [0.15, 0.2) is 48.5 Å². The first-order chi connectivity index (χ1) is 11.1. The largest absolute Gasteiger partial charge is 0.339 e. The van der Waals surface area contributed by atoms with Crippen LogP contribution in [0.4, 0.5) is 5.69 Å². The van der Waals surface area contributed by atoms with E-state index in [-0.39, 0.29) is 11.8 Å². The van der Waals surface area contributed by atoms with Gasteiger partial charge in [0.2, 0.25) is 0 Å². The lowest BCUT2D eigenvalue weighted by atomic mass is 10.1. The fourth-order valence-electron chi connectivity index (χ4n) is 2.80. The third-order valence-electron chi connectivity index (χ3n) is 4.16. The Bertz CT molecular complexity index is 734. The number of rotatable bonds is 3. The number of hydrogen-bond donors (Lipinski definition) is 1. The van der Waals surface area contributed by atoms with Crippen LogP contribution in [0.25, 0.3) is 0 Å². The average molecular weight is 308 g/mol. The van der Waals surface area contributed by atoms with E-state index >= 15 is 0 Å². The van der Waals surface area contributed by atoms with Crippen molar-refractivity contribution in [2.75, 3.05) is 18.4 Å². The minimum atomic E-state index is -0.199. The molecule has 3 rings (SSSR count). The second kappa shape index (κ2) is 6.65. The lowest BCUT2D eigenvalue weighted by Gasteiger charge is -2.15. The SMILES string of the molecule is Cc1ccccc1NC(=O)c1cccc(C(=O)N2CCCC2)c1. The smallest absolute Gasteiger partial charge is 0.255 e. The summed E-state index contributed by atoms with van der Waals surface area (Å²) in [7, 11) is 0. The summed E-state index contributed by atoms with van der Waals surface area (Å²) in [6, 6.07) is 14.6. The Hall–Kier alpha value is -2.62. The predicted molar refractivity (Wildman–Crippen MR) is 90.7 cm³/mol. The second-order valence-electron chi connectivity index (χ2n) is 5.85. The summed E-state index contributed by atoms with van der Waals surface area (Å²) in [5.74, 6) is -0.191. The number of likely N-dealkylation sites (tertiary alicyclic amines) is 1. The van der Waals surface area contributed by atoms with Crippen LogP contribution < -0.4 is 5.32 Å². The molecule has 0 atom stereocenters. The lowest BCUT2D eigenvalue weighted by molar-refractivity contribution is 0.0793. The maximum atomic E-state index is 12.4. The van der Waals surface area contributed by atoms with E-state index in [2.05, 4.69) is 5.32 Å². The average Bonchev–Trinajstić information content (AvgIpc) is 3.11. The van der Waals surface area contributed by atoms with Crippen LogP contribution in [-0.2, 0) is 0 Å². The molecule has 1 fully saturated rings. The quantitative estimate of drug-likeness (QED) is 0.943. The molecule has 0 radical (unpaired) electrons. The van der Waals surface area contributed by atoms with Crippen LogP contribution >= 0.6 is 0 Å². The Morgan fingerprint density at radius 1 is 0.957 bits per heavy atom. The zero-order valence-electron chi connectivity index (χ0n) is 13.2. The molecule has 118 valence electrons. The minimum absolute atomic E-state index is 0.00745. The van der Waals surface area contributed by atoms with Crippen molar-refractivity contribution in [1.82, 2.24) is 4.90 Å². The number of carbonyl (C=O) groups excluding carboxylic acids is 2. The molecule has 1 aliphatic heterocycles. The summed E-state index contributed by atoms with van der Waals surface area (Å²) in [4.78, 5) is 26.7. The molecule has 1 N–H and O–H groups in total. The standard InChI is InChI=1S/C19H20N2O2/c1-14-7-2-3-10-17(14)20-18(22)15-8-6-9-16(13-15)19(23)21-11-4-5-12-21/h2-3,6-10,13H,4-5,11-12H2,1H3,(H,20,22). The van der Waals surface area contributed by atoms with Crippen molar-refractivity contribution in [3.63, 3.8) is 0 Å². The van der Waals surface area contributed by atoms with Crippen molar-refractivity contribution >= 4 is 17.5 Å². The fraction of sp³-hybridized carbons (Fsp3) is 0.263. The summed E-state index contributed by atoms with van der Waals surface area (Å²) >= 11 is 0. The van der Waals surface area contributed by atoms with Gasteiger partial charge in [-0.15, -0.1) is 0 Å². The van der Waals surface area contributed by atoms with Crippen LogP contribution in [-0.4, -0.2) is 29.8 Å².